The molecule has 0 spiro atoms. The third-order valence-corrected chi connectivity index (χ3v) is 5.63. The Morgan fingerprint density at radius 1 is 0.833 bits per heavy atom. The van der Waals surface area contributed by atoms with Gasteiger partial charge in [0.15, 0.2) is 5.82 Å². The van der Waals surface area contributed by atoms with Crippen molar-refractivity contribution in [2.24, 2.45) is 0 Å². The molecule has 0 aliphatic rings. The molecule has 2 aromatic rings. The van der Waals surface area contributed by atoms with E-state index in [4.69, 9.17) is 0 Å². The van der Waals surface area contributed by atoms with Crippen LogP contribution in [0.2, 0.25) is 0 Å². The normalized spacial score (nSPS) is 12.3. The van der Waals surface area contributed by atoms with E-state index in [-0.39, 0.29) is 5.82 Å². The number of alkyl halides is 1. The van der Waals surface area contributed by atoms with Gasteiger partial charge in [-0.15, -0.1) is 0 Å². The minimum Gasteiger partial charge on any atom is -0.248 e. The summed E-state index contributed by atoms with van der Waals surface area (Å²) in [5.74, 6) is 0.402. The number of unbranched alkanes of at least 4 members (excludes halogenated alkanes) is 8. The molecule has 0 fully saturated rings. The van der Waals surface area contributed by atoms with E-state index in [2.05, 4.69) is 16.9 Å². The Labute approximate surface area is 181 Å². The summed E-state index contributed by atoms with van der Waals surface area (Å²) < 4.78 is 27.3. The quantitative estimate of drug-likeness (QED) is 0.275. The van der Waals surface area contributed by atoms with Gasteiger partial charge in [0.25, 0.3) is 0 Å². The molecule has 0 aliphatic carbocycles. The van der Waals surface area contributed by atoms with Gasteiger partial charge in [-0.05, 0) is 56.2 Å². The topological polar surface area (TPSA) is 25.8 Å². The highest BCUT2D eigenvalue weighted by atomic mass is 19.1. The van der Waals surface area contributed by atoms with Crippen LogP contribution >= 0.6 is 0 Å². The standard InChI is InChI=1S/C26H38F2N2/c1-3-4-5-6-7-8-12-15-23-16-17-24(18-25(23)28)26-29-19-22(20-30-26)14-11-9-10-13-21(2)27/h16-21H,3-15H2,1-2H3. The zero-order chi connectivity index (χ0) is 21.6. The van der Waals surface area contributed by atoms with Gasteiger partial charge in [-0.3, -0.25) is 0 Å². The number of rotatable bonds is 15. The molecular formula is C26H38F2N2. The first-order valence-electron chi connectivity index (χ1n) is 11.8. The number of hydrogen-bond acceptors (Lipinski definition) is 2. The van der Waals surface area contributed by atoms with Gasteiger partial charge < -0.3 is 0 Å². The van der Waals surface area contributed by atoms with E-state index < -0.39 is 6.17 Å². The van der Waals surface area contributed by atoms with Crippen LogP contribution in [-0.4, -0.2) is 16.1 Å². The lowest BCUT2D eigenvalue weighted by Crippen LogP contribution is -1.96. The molecule has 0 saturated heterocycles. The largest absolute Gasteiger partial charge is 0.248 e. The summed E-state index contributed by atoms with van der Waals surface area (Å²) in [5, 5.41) is 0. The van der Waals surface area contributed by atoms with E-state index in [1.165, 1.54) is 38.5 Å². The fourth-order valence-electron chi connectivity index (χ4n) is 3.73. The van der Waals surface area contributed by atoms with Gasteiger partial charge in [0, 0.05) is 18.0 Å². The van der Waals surface area contributed by atoms with Crippen molar-refractivity contribution in [3.8, 4) is 11.4 Å². The van der Waals surface area contributed by atoms with E-state index in [0.29, 0.717) is 12.2 Å². The fourth-order valence-corrected chi connectivity index (χ4v) is 3.73. The molecule has 1 unspecified atom stereocenters. The van der Waals surface area contributed by atoms with Crippen LogP contribution in [0.5, 0.6) is 0 Å². The van der Waals surface area contributed by atoms with Crippen LogP contribution in [-0.2, 0) is 12.8 Å². The Balaban J connectivity index is 1.77. The molecule has 1 atom stereocenters. The minimum atomic E-state index is -0.713. The van der Waals surface area contributed by atoms with Crippen molar-refractivity contribution in [1.29, 1.82) is 0 Å². The van der Waals surface area contributed by atoms with Crippen molar-refractivity contribution in [1.82, 2.24) is 9.97 Å². The molecule has 1 heterocycles. The van der Waals surface area contributed by atoms with Crippen LogP contribution in [0.1, 0.15) is 95.6 Å². The fraction of sp³-hybridized carbons (Fsp3) is 0.615. The third-order valence-electron chi connectivity index (χ3n) is 5.63. The molecule has 2 rings (SSSR count). The highest BCUT2D eigenvalue weighted by molar-refractivity contribution is 5.55. The predicted molar refractivity (Wildman–Crippen MR) is 122 cm³/mol. The molecular weight excluding hydrogens is 378 g/mol. The molecule has 0 saturated carbocycles. The Hall–Kier alpha value is -1.84. The summed E-state index contributed by atoms with van der Waals surface area (Å²) >= 11 is 0. The van der Waals surface area contributed by atoms with Crippen molar-refractivity contribution in [3.63, 3.8) is 0 Å². The first kappa shape index (κ1) is 24.4. The second-order valence-electron chi connectivity index (χ2n) is 8.47. The van der Waals surface area contributed by atoms with Crippen LogP contribution in [0.4, 0.5) is 8.78 Å². The predicted octanol–water partition coefficient (Wildman–Crippen LogP) is 8.04. The highest BCUT2D eigenvalue weighted by Gasteiger charge is 2.08. The number of hydrogen-bond donors (Lipinski definition) is 0. The number of nitrogens with zero attached hydrogens (tertiary/aromatic N) is 2. The van der Waals surface area contributed by atoms with Crippen molar-refractivity contribution in [2.75, 3.05) is 0 Å². The summed E-state index contributed by atoms with van der Waals surface area (Å²) in [5.41, 5.74) is 2.58. The van der Waals surface area contributed by atoms with E-state index in [1.54, 1.807) is 13.0 Å². The first-order chi connectivity index (χ1) is 14.6. The zero-order valence-electron chi connectivity index (χ0n) is 18.8. The lowest BCUT2D eigenvalue weighted by atomic mass is 10.0. The lowest BCUT2D eigenvalue weighted by Gasteiger charge is -2.07. The van der Waals surface area contributed by atoms with Gasteiger partial charge in [0.2, 0.25) is 0 Å². The maximum absolute atomic E-state index is 14.5. The highest BCUT2D eigenvalue weighted by Crippen LogP contribution is 2.21. The maximum Gasteiger partial charge on any atom is 0.159 e. The van der Waals surface area contributed by atoms with Crippen molar-refractivity contribution in [2.45, 2.75) is 103 Å². The average molecular weight is 417 g/mol. The Bertz CT molecular complexity index is 713. The zero-order valence-corrected chi connectivity index (χ0v) is 18.8. The van der Waals surface area contributed by atoms with E-state index in [1.807, 2.05) is 24.5 Å². The third kappa shape index (κ3) is 9.32. The molecule has 2 nitrogen and oxygen atoms in total. The number of aromatic nitrogens is 2. The van der Waals surface area contributed by atoms with Gasteiger partial charge in [-0.1, -0.05) is 70.4 Å². The monoisotopic (exact) mass is 416 g/mol. The Morgan fingerprint density at radius 2 is 1.47 bits per heavy atom. The summed E-state index contributed by atoms with van der Waals surface area (Å²) in [4.78, 5) is 8.84. The van der Waals surface area contributed by atoms with E-state index in [0.717, 1.165) is 55.2 Å². The second-order valence-corrected chi connectivity index (χ2v) is 8.47. The van der Waals surface area contributed by atoms with Gasteiger partial charge in [0.05, 0.1) is 6.17 Å². The molecule has 0 N–H and O–H groups in total. The van der Waals surface area contributed by atoms with Gasteiger partial charge in [-0.2, -0.15) is 0 Å². The summed E-state index contributed by atoms with van der Waals surface area (Å²) in [6.07, 6.45) is 16.8. The smallest absolute Gasteiger partial charge is 0.159 e. The second kappa shape index (κ2) is 14.2. The molecule has 0 bridgehead atoms. The molecule has 4 heteroatoms. The number of halogens is 2. The van der Waals surface area contributed by atoms with Crippen LogP contribution in [0.15, 0.2) is 30.6 Å². The van der Waals surface area contributed by atoms with E-state index >= 15 is 0 Å². The summed E-state index contributed by atoms with van der Waals surface area (Å²) in [7, 11) is 0. The van der Waals surface area contributed by atoms with Crippen LogP contribution < -0.4 is 0 Å². The first-order valence-corrected chi connectivity index (χ1v) is 11.8. The molecule has 1 aromatic carbocycles. The number of benzene rings is 1. The van der Waals surface area contributed by atoms with E-state index in [9.17, 15) is 8.78 Å². The van der Waals surface area contributed by atoms with Crippen LogP contribution in [0.3, 0.4) is 0 Å². The Morgan fingerprint density at radius 3 is 2.13 bits per heavy atom. The lowest BCUT2D eigenvalue weighted by molar-refractivity contribution is 0.330. The summed E-state index contributed by atoms with van der Waals surface area (Å²) in [6, 6.07) is 5.36. The summed E-state index contributed by atoms with van der Waals surface area (Å²) in [6.45, 7) is 3.84. The van der Waals surface area contributed by atoms with Crippen molar-refractivity contribution in [3.05, 3.63) is 47.5 Å². The minimum absolute atomic E-state index is 0.159. The molecule has 1 aromatic heterocycles. The maximum atomic E-state index is 14.5. The molecule has 0 aliphatic heterocycles. The SMILES string of the molecule is CCCCCCCCCc1ccc(-c2ncc(CCCCCC(C)F)cn2)cc1F. The van der Waals surface area contributed by atoms with Gasteiger partial charge >= 0.3 is 0 Å². The van der Waals surface area contributed by atoms with Crippen LogP contribution in [0.25, 0.3) is 11.4 Å². The van der Waals surface area contributed by atoms with Gasteiger partial charge in [0.1, 0.15) is 5.82 Å². The molecule has 30 heavy (non-hydrogen) atoms. The average Bonchev–Trinajstić information content (AvgIpc) is 2.74. The molecule has 166 valence electrons. The molecule has 0 amide bonds. The van der Waals surface area contributed by atoms with Crippen LogP contribution in [0, 0.1) is 5.82 Å². The number of aryl methyl sites for hydroxylation is 2. The molecule has 0 radical (unpaired) electrons. The Kier molecular flexibility index (Phi) is 11.6. The van der Waals surface area contributed by atoms with Crippen molar-refractivity contribution >= 4 is 0 Å². The van der Waals surface area contributed by atoms with Gasteiger partial charge in [-0.25, -0.2) is 18.7 Å². The van der Waals surface area contributed by atoms with Crippen molar-refractivity contribution < 1.29 is 8.78 Å².